The van der Waals surface area contributed by atoms with Crippen LogP contribution in [0, 0.1) is 6.92 Å². The smallest absolute Gasteiger partial charge is 0.191 e. The zero-order chi connectivity index (χ0) is 21.1. The summed E-state index contributed by atoms with van der Waals surface area (Å²) in [4.78, 5) is 7.63. The van der Waals surface area contributed by atoms with E-state index in [1.165, 1.54) is 58.0 Å². The molecule has 1 aliphatic heterocycles. The Hall–Kier alpha value is -0.870. The van der Waals surface area contributed by atoms with Crippen LogP contribution < -0.4 is 10.6 Å². The van der Waals surface area contributed by atoms with Crippen molar-refractivity contribution in [2.45, 2.75) is 63.8 Å². The van der Waals surface area contributed by atoms with E-state index < -0.39 is 9.84 Å². The van der Waals surface area contributed by atoms with Gasteiger partial charge in [-0.25, -0.2) is 13.4 Å². The minimum absolute atomic E-state index is 0. The van der Waals surface area contributed by atoms with Gasteiger partial charge in [-0.2, -0.15) is 0 Å². The van der Waals surface area contributed by atoms with E-state index in [1.807, 2.05) is 19.1 Å². The number of unbranched alkanes of at least 4 members (excludes halogenated alkanes) is 2. The molecule has 8 heteroatoms. The van der Waals surface area contributed by atoms with E-state index in [0.717, 1.165) is 36.6 Å². The Labute approximate surface area is 200 Å². The quantitative estimate of drug-likeness (QED) is 0.201. The molecular weight excluding hydrogens is 511 g/mol. The van der Waals surface area contributed by atoms with Gasteiger partial charge >= 0.3 is 0 Å². The number of nitrogens with one attached hydrogen (secondary N) is 2. The molecule has 0 spiro atoms. The van der Waals surface area contributed by atoms with Gasteiger partial charge < -0.3 is 15.5 Å². The highest BCUT2D eigenvalue weighted by Crippen LogP contribution is 2.17. The highest BCUT2D eigenvalue weighted by molar-refractivity contribution is 14.0. The second kappa shape index (κ2) is 14.2. The van der Waals surface area contributed by atoms with Gasteiger partial charge in [0.05, 0.1) is 11.4 Å². The van der Waals surface area contributed by atoms with Gasteiger partial charge in [0, 0.05) is 19.3 Å². The number of piperidine rings is 1. The van der Waals surface area contributed by atoms with Crippen LogP contribution in [0.4, 0.5) is 0 Å². The summed E-state index contributed by atoms with van der Waals surface area (Å²) < 4.78 is 23.5. The SMILES string of the molecule is CCNC(=NCc1ccc(S(C)(=O)=O)c(C)c1)NCCCCCN1CCCCC1.I. The summed E-state index contributed by atoms with van der Waals surface area (Å²) >= 11 is 0. The van der Waals surface area contributed by atoms with Gasteiger partial charge in [-0.15, -0.1) is 24.0 Å². The van der Waals surface area contributed by atoms with Crippen LogP contribution in [0.25, 0.3) is 0 Å². The second-order valence-electron chi connectivity index (χ2n) is 7.96. The standard InChI is InChI=1S/C22H38N4O2S.HI/c1-4-23-22(24-13-7-5-8-14-26-15-9-6-10-16-26)25-18-20-11-12-21(19(2)17-20)29(3,27)28;/h11-12,17H,4-10,13-16,18H2,1-3H3,(H2,23,24,25);1H. The fourth-order valence-electron chi connectivity index (χ4n) is 3.76. The summed E-state index contributed by atoms with van der Waals surface area (Å²) in [5.74, 6) is 0.813. The minimum atomic E-state index is -3.18. The Morgan fingerprint density at radius 2 is 1.83 bits per heavy atom. The molecule has 0 atom stereocenters. The first-order chi connectivity index (χ1) is 13.9. The maximum absolute atomic E-state index is 11.7. The molecular formula is C22H39IN4O2S. The fraction of sp³-hybridized carbons (Fsp3) is 0.682. The van der Waals surface area contributed by atoms with Crippen LogP contribution in [0.5, 0.6) is 0 Å². The lowest BCUT2D eigenvalue weighted by Gasteiger charge is -2.26. The number of sulfone groups is 1. The number of likely N-dealkylation sites (tertiary alicyclic amines) is 1. The Kier molecular flexibility index (Phi) is 12.9. The van der Waals surface area contributed by atoms with Crippen molar-refractivity contribution in [3.05, 3.63) is 29.3 Å². The molecule has 30 heavy (non-hydrogen) atoms. The fourth-order valence-corrected chi connectivity index (χ4v) is 4.72. The van der Waals surface area contributed by atoms with Crippen molar-refractivity contribution in [1.82, 2.24) is 15.5 Å². The molecule has 0 aliphatic carbocycles. The van der Waals surface area contributed by atoms with Crippen LogP contribution in [0.3, 0.4) is 0 Å². The third kappa shape index (κ3) is 9.96. The van der Waals surface area contributed by atoms with Crippen LogP contribution in [0.15, 0.2) is 28.1 Å². The third-order valence-electron chi connectivity index (χ3n) is 5.30. The van der Waals surface area contributed by atoms with Crippen molar-refractivity contribution < 1.29 is 8.42 Å². The minimum Gasteiger partial charge on any atom is -0.357 e. The summed E-state index contributed by atoms with van der Waals surface area (Å²) in [6.45, 7) is 9.93. The molecule has 2 rings (SSSR count). The molecule has 0 amide bonds. The van der Waals surface area contributed by atoms with Crippen LogP contribution in [0.2, 0.25) is 0 Å². The van der Waals surface area contributed by atoms with Gasteiger partial charge in [-0.1, -0.05) is 25.0 Å². The first-order valence-corrected chi connectivity index (χ1v) is 12.8. The van der Waals surface area contributed by atoms with Gasteiger partial charge in [0.25, 0.3) is 0 Å². The van der Waals surface area contributed by atoms with Gasteiger partial charge in [0.2, 0.25) is 0 Å². The largest absolute Gasteiger partial charge is 0.357 e. The molecule has 1 heterocycles. The predicted molar refractivity (Wildman–Crippen MR) is 137 cm³/mol. The molecule has 0 radical (unpaired) electrons. The lowest BCUT2D eigenvalue weighted by Crippen LogP contribution is -2.37. The molecule has 1 fully saturated rings. The van der Waals surface area contributed by atoms with Crippen LogP contribution >= 0.6 is 24.0 Å². The number of benzene rings is 1. The van der Waals surface area contributed by atoms with E-state index >= 15 is 0 Å². The first kappa shape index (κ1) is 27.2. The topological polar surface area (TPSA) is 73.8 Å². The number of nitrogens with zero attached hydrogens (tertiary/aromatic N) is 2. The average molecular weight is 551 g/mol. The molecule has 0 bridgehead atoms. The zero-order valence-electron chi connectivity index (χ0n) is 18.7. The van der Waals surface area contributed by atoms with Crippen LogP contribution in [0.1, 0.15) is 56.6 Å². The molecule has 6 nitrogen and oxygen atoms in total. The maximum atomic E-state index is 11.7. The summed E-state index contributed by atoms with van der Waals surface area (Å²) in [6, 6.07) is 5.43. The van der Waals surface area contributed by atoms with E-state index in [0.29, 0.717) is 11.4 Å². The average Bonchev–Trinajstić information content (AvgIpc) is 2.68. The number of halogens is 1. The first-order valence-electron chi connectivity index (χ1n) is 10.9. The Morgan fingerprint density at radius 3 is 2.47 bits per heavy atom. The third-order valence-corrected chi connectivity index (χ3v) is 6.55. The Morgan fingerprint density at radius 1 is 1.10 bits per heavy atom. The number of rotatable bonds is 10. The Bertz CT molecular complexity index is 762. The number of guanidine groups is 1. The van der Waals surface area contributed by atoms with Gasteiger partial charge in [-0.3, -0.25) is 0 Å². The number of aryl methyl sites for hydroxylation is 1. The normalized spacial score (nSPS) is 15.5. The van der Waals surface area contributed by atoms with Gasteiger partial charge in [0.1, 0.15) is 0 Å². The lowest BCUT2D eigenvalue weighted by atomic mass is 10.1. The van der Waals surface area contributed by atoms with E-state index in [1.54, 1.807) is 6.07 Å². The van der Waals surface area contributed by atoms with Gasteiger partial charge in [0.15, 0.2) is 15.8 Å². The van der Waals surface area contributed by atoms with Crippen molar-refractivity contribution in [2.24, 2.45) is 4.99 Å². The summed E-state index contributed by atoms with van der Waals surface area (Å²) in [5.41, 5.74) is 1.78. The van der Waals surface area contributed by atoms with Crippen LogP contribution in [-0.4, -0.2) is 58.3 Å². The van der Waals surface area contributed by atoms with Crippen LogP contribution in [-0.2, 0) is 16.4 Å². The van der Waals surface area contributed by atoms with Crippen molar-refractivity contribution in [1.29, 1.82) is 0 Å². The monoisotopic (exact) mass is 550 g/mol. The van der Waals surface area contributed by atoms with Crippen molar-refractivity contribution in [3.8, 4) is 0 Å². The van der Waals surface area contributed by atoms with Crippen molar-refractivity contribution in [2.75, 3.05) is 39.0 Å². The van der Waals surface area contributed by atoms with Crippen molar-refractivity contribution >= 4 is 39.8 Å². The molecule has 0 saturated carbocycles. The maximum Gasteiger partial charge on any atom is 0.191 e. The number of hydrogen-bond acceptors (Lipinski definition) is 4. The van der Waals surface area contributed by atoms with Crippen molar-refractivity contribution in [3.63, 3.8) is 0 Å². The van der Waals surface area contributed by atoms with Gasteiger partial charge in [-0.05, 0) is 76.4 Å². The second-order valence-corrected chi connectivity index (χ2v) is 9.94. The zero-order valence-corrected chi connectivity index (χ0v) is 21.9. The highest BCUT2D eigenvalue weighted by Gasteiger charge is 2.11. The molecule has 1 aromatic carbocycles. The molecule has 1 aromatic rings. The molecule has 0 aromatic heterocycles. The molecule has 1 aliphatic rings. The van der Waals surface area contributed by atoms with E-state index in [2.05, 4.69) is 27.4 Å². The van der Waals surface area contributed by atoms with E-state index in [9.17, 15) is 8.42 Å². The van der Waals surface area contributed by atoms with E-state index in [-0.39, 0.29) is 24.0 Å². The predicted octanol–water partition coefficient (Wildman–Crippen LogP) is 3.73. The van der Waals surface area contributed by atoms with E-state index in [4.69, 9.17) is 0 Å². The Balaban J connectivity index is 0.00000450. The number of aliphatic imine (C=N–C) groups is 1. The lowest BCUT2D eigenvalue weighted by molar-refractivity contribution is 0.224. The summed E-state index contributed by atoms with van der Waals surface area (Å²) in [7, 11) is -3.18. The molecule has 172 valence electrons. The highest BCUT2D eigenvalue weighted by atomic mass is 127. The summed E-state index contributed by atoms with van der Waals surface area (Å²) in [6.07, 6.45) is 9.00. The summed E-state index contributed by atoms with van der Waals surface area (Å²) in [5, 5.41) is 6.69. The molecule has 0 unspecified atom stereocenters. The number of hydrogen-bond donors (Lipinski definition) is 2. The molecule has 1 saturated heterocycles. The molecule has 2 N–H and O–H groups in total.